The molecule has 25 heavy (non-hydrogen) atoms. The van der Waals surface area contributed by atoms with E-state index in [4.69, 9.17) is 0 Å². The van der Waals surface area contributed by atoms with Gasteiger partial charge in [0.15, 0.2) is 5.82 Å². The van der Waals surface area contributed by atoms with Gasteiger partial charge in [-0.25, -0.2) is 14.4 Å². The van der Waals surface area contributed by atoms with Crippen molar-refractivity contribution in [3.8, 4) is 11.3 Å². The monoisotopic (exact) mass is 346 g/mol. The van der Waals surface area contributed by atoms with Gasteiger partial charge in [-0.1, -0.05) is 20.3 Å². The summed E-state index contributed by atoms with van der Waals surface area (Å²) < 4.78 is 14.3. The van der Waals surface area contributed by atoms with Crippen molar-refractivity contribution in [2.75, 3.05) is 17.2 Å². The lowest BCUT2D eigenvalue weighted by Gasteiger charge is -2.16. The maximum atomic E-state index is 14.3. The lowest BCUT2D eigenvalue weighted by molar-refractivity contribution is 0.605. The first-order valence-corrected chi connectivity index (χ1v) is 9.05. The molecule has 0 unspecified atom stereocenters. The Morgan fingerprint density at radius 2 is 2.16 bits per heavy atom. The van der Waals surface area contributed by atoms with Crippen LogP contribution < -0.4 is 10.6 Å². The van der Waals surface area contributed by atoms with Crippen LogP contribution in [0.5, 0.6) is 0 Å². The van der Waals surface area contributed by atoms with Gasteiger partial charge < -0.3 is 10.6 Å². The molecule has 1 fully saturated rings. The lowest BCUT2D eigenvalue weighted by atomic mass is 10.1. The quantitative estimate of drug-likeness (QED) is 0.711. The zero-order valence-corrected chi connectivity index (χ0v) is 14.8. The molecule has 1 aliphatic carbocycles. The van der Waals surface area contributed by atoms with Crippen LogP contribution in [0.3, 0.4) is 0 Å². The summed E-state index contributed by atoms with van der Waals surface area (Å²) in [4.78, 5) is 8.44. The molecule has 0 radical (unpaired) electrons. The standard InChI is InChI=1S/C18H25FN6.H2/c1-3-5-14(4-2)23-18-21-11-15(19)17(24-18)13-8-16(25-22-10-13)20-9-12-6-7-12;/h8,10-12,14H,3-7,9H2,1-2H3,(H,20,25)(H,21,23,24);1H/t14-;/m0./s1. The molecule has 136 valence electrons. The second-order valence-corrected chi connectivity index (χ2v) is 6.58. The first-order chi connectivity index (χ1) is 12.2. The van der Waals surface area contributed by atoms with E-state index in [-0.39, 0.29) is 13.2 Å². The molecule has 3 rings (SSSR count). The normalized spacial score (nSPS) is 15.0. The van der Waals surface area contributed by atoms with E-state index in [1.54, 1.807) is 6.07 Å². The molecule has 0 amide bonds. The number of hydrogen-bond donors (Lipinski definition) is 2. The Hall–Kier alpha value is -2.31. The van der Waals surface area contributed by atoms with Crippen LogP contribution in [-0.4, -0.2) is 32.8 Å². The molecule has 1 atom stereocenters. The van der Waals surface area contributed by atoms with Crippen molar-refractivity contribution in [2.24, 2.45) is 5.92 Å². The fraction of sp³-hybridized carbons (Fsp3) is 0.556. The maximum Gasteiger partial charge on any atom is 0.223 e. The van der Waals surface area contributed by atoms with Crippen LogP contribution in [0.1, 0.15) is 47.4 Å². The van der Waals surface area contributed by atoms with Gasteiger partial charge >= 0.3 is 0 Å². The zero-order chi connectivity index (χ0) is 17.6. The van der Waals surface area contributed by atoms with Crippen LogP contribution >= 0.6 is 0 Å². The SMILES string of the molecule is CCC[C@H](CC)Nc1ncc(F)c(-c2cnnc(NCC3CC3)c2)n1.[HH]. The fourth-order valence-electron chi connectivity index (χ4n) is 2.70. The highest BCUT2D eigenvalue weighted by atomic mass is 19.1. The van der Waals surface area contributed by atoms with Crippen molar-refractivity contribution in [1.29, 1.82) is 0 Å². The predicted octanol–water partition coefficient (Wildman–Crippen LogP) is 4.13. The van der Waals surface area contributed by atoms with E-state index in [1.165, 1.54) is 25.2 Å². The summed E-state index contributed by atoms with van der Waals surface area (Å²) in [5, 5.41) is 14.6. The fourth-order valence-corrected chi connectivity index (χ4v) is 2.70. The number of hydrogen-bond acceptors (Lipinski definition) is 6. The molecule has 2 N–H and O–H groups in total. The van der Waals surface area contributed by atoms with Crippen molar-refractivity contribution < 1.29 is 5.82 Å². The summed E-state index contributed by atoms with van der Waals surface area (Å²) in [5.74, 6) is 1.35. The molecule has 0 bridgehead atoms. The van der Waals surface area contributed by atoms with Gasteiger partial charge in [0.1, 0.15) is 11.5 Å². The molecule has 7 heteroatoms. The Balaban J connectivity index is 0.00000243. The molecular formula is C18H27FN6. The van der Waals surface area contributed by atoms with Crippen LogP contribution in [-0.2, 0) is 0 Å². The van der Waals surface area contributed by atoms with Gasteiger partial charge in [0.2, 0.25) is 5.95 Å². The van der Waals surface area contributed by atoms with E-state index in [0.29, 0.717) is 17.3 Å². The van der Waals surface area contributed by atoms with Crippen LogP contribution in [0.25, 0.3) is 11.3 Å². The minimum Gasteiger partial charge on any atom is -0.368 e. The summed E-state index contributed by atoms with van der Waals surface area (Å²) in [6.07, 6.45) is 8.32. The maximum absolute atomic E-state index is 14.3. The summed E-state index contributed by atoms with van der Waals surface area (Å²) in [7, 11) is 0. The average molecular weight is 346 g/mol. The molecule has 0 spiro atoms. The Morgan fingerprint density at radius 1 is 1.32 bits per heavy atom. The Kier molecular flexibility index (Phi) is 5.73. The summed E-state index contributed by atoms with van der Waals surface area (Å²) in [6, 6.07) is 2.07. The van der Waals surface area contributed by atoms with Crippen LogP contribution in [0, 0.1) is 11.7 Å². The third kappa shape index (κ3) is 4.84. The molecule has 2 aromatic rings. The van der Waals surface area contributed by atoms with Gasteiger partial charge in [0.25, 0.3) is 0 Å². The Labute approximate surface area is 149 Å². The lowest BCUT2D eigenvalue weighted by Crippen LogP contribution is -2.20. The minimum atomic E-state index is -0.463. The minimum absolute atomic E-state index is 0. The molecule has 0 saturated heterocycles. The van der Waals surface area contributed by atoms with Crippen LogP contribution in [0.2, 0.25) is 0 Å². The van der Waals surface area contributed by atoms with Crippen LogP contribution in [0.4, 0.5) is 16.2 Å². The topological polar surface area (TPSA) is 75.6 Å². The van der Waals surface area contributed by atoms with Crippen molar-refractivity contribution in [3.63, 3.8) is 0 Å². The van der Waals surface area contributed by atoms with Crippen molar-refractivity contribution >= 4 is 11.8 Å². The van der Waals surface area contributed by atoms with E-state index in [2.05, 4.69) is 44.6 Å². The van der Waals surface area contributed by atoms with E-state index in [9.17, 15) is 4.39 Å². The smallest absolute Gasteiger partial charge is 0.223 e. The highest BCUT2D eigenvalue weighted by molar-refractivity contribution is 5.63. The van der Waals surface area contributed by atoms with E-state index in [1.807, 2.05) is 0 Å². The molecule has 0 aromatic carbocycles. The van der Waals surface area contributed by atoms with E-state index >= 15 is 0 Å². The molecular weight excluding hydrogens is 319 g/mol. The number of nitrogens with one attached hydrogen (secondary N) is 2. The van der Waals surface area contributed by atoms with Crippen molar-refractivity contribution in [2.45, 2.75) is 52.0 Å². The second-order valence-electron chi connectivity index (χ2n) is 6.58. The van der Waals surface area contributed by atoms with E-state index in [0.717, 1.165) is 31.7 Å². The van der Waals surface area contributed by atoms with Crippen molar-refractivity contribution in [3.05, 3.63) is 24.3 Å². The molecule has 1 aliphatic rings. The highest BCUT2D eigenvalue weighted by Gasteiger charge is 2.21. The van der Waals surface area contributed by atoms with Gasteiger partial charge in [-0.2, -0.15) is 5.10 Å². The van der Waals surface area contributed by atoms with Gasteiger partial charge in [-0.15, -0.1) is 5.10 Å². The first kappa shape index (κ1) is 17.5. The summed E-state index contributed by atoms with van der Waals surface area (Å²) in [6.45, 7) is 5.13. The van der Waals surface area contributed by atoms with Gasteiger partial charge in [-0.3, -0.25) is 0 Å². The number of anilines is 2. The number of rotatable bonds is 9. The number of aromatic nitrogens is 4. The van der Waals surface area contributed by atoms with Gasteiger partial charge in [0, 0.05) is 19.6 Å². The van der Waals surface area contributed by atoms with Crippen LogP contribution in [0.15, 0.2) is 18.5 Å². The van der Waals surface area contributed by atoms with Gasteiger partial charge in [-0.05, 0) is 37.7 Å². The summed E-state index contributed by atoms with van der Waals surface area (Å²) >= 11 is 0. The molecule has 1 saturated carbocycles. The third-order valence-electron chi connectivity index (χ3n) is 4.40. The highest BCUT2D eigenvalue weighted by Crippen LogP contribution is 2.29. The van der Waals surface area contributed by atoms with Crippen molar-refractivity contribution in [1.82, 2.24) is 20.2 Å². The van der Waals surface area contributed by atoms with E-state index < -0.39 is 5.82 Å². The second kappa shape index (κ2) is 8.18. The molecule has 6 nitrogen and oxygen atoms in total. The molecule has 0 aliphatic heterocycles. The summed E-state index contributed by atoms with van der Waals surface area (Å²) in [5.41, 5.74) is 0.841. The third-order valence-corrected chi connectivity index (χ3v) is 4.40. The predicted molar refractivity (Wildman–Crippen MR) is 99.0 cm³/mol. The van der Waals surface area contributed by atoms with Gasteiger partial charge in [0.05, 0.1) is 12.4 Å². The number of halogens is 1. The Morgan fingerprint density at radius 3 is 2.88 bits per heavy atom. The largest absolute Gasteiger partial charge is 0.368 e. The molecule has 2 heterocycles. The molecule has 2 aromatic heterocycles. The first-order valence-electron chi connectivity index (χ1n) is 9.05. The number of nitrogens with zero attached hydrogens (tertiary/aromatic N) is 4. The Bertz CT molecular complexity index is 710. The zero-order valence-electron chi connectivity index (χ0n) is 14.8. The average Bonchev–Trinajstić information content (AvgIpc) is 3.46.